The van der Waals surface area contributed by atoms with Gasteiger partial charge in [0.05, 0.1) is 20.3 Å². The van der Waals surface area contributed by atoms with E-state index in [-0.39, 0.29) is 6.79 Å². The summed E-state index contributed by atoms with van der Waals surface area (Å²) in [5.74, 6) is 2.87. The zero-order valence-corrected chi connectivity index (χ0v) is 14.6. The Balaban J connectivity index is 1.69. The highest BCUT2D eigenvalue weighted by Crippen LogP contribution is 2.47. The van der Waals surface area contributed by atoms with Crippen molar-refractivity contribution in [3.63, 3.8) is 0 Å². The molecule has 3 aliphatic heterocycles. The number of rotatable bonds is 2. The molecule has 0 saturated carbocycles. The van der Waals surface area contributed by atoms with E-state index in [9.17, 15) is 5.11 Å². The number of methoxy groups -OCH3 is 2. The molecule has 6 nitrogen and oxygen atoms in total. The van der Waals surface area contributed by atoms with Crippen LogP contribution in [0.4, 0.5) is 0 Å². The summed E-state index contributed by atoms with van der Waals surface area (Å²) in [6.07, 6.45) is 1.54. The van der Waals surface area contributed by atoms with Gasteiger partial charge in [-0.05, 0) is 35.4 Å². The Kier molecular flexibility index (Phi) is 3.30. The molecule has 0 aromatic heterocycles. The molecule has 3 aliphatic rings. The van der Waals surface area contributed by atoms with Crippen molar-refractivity contribution in [2.75, 3.05) is 27.6 Å². The average Bonchev–Trinajstić information content (AvgIpc) is 3.12. The minimum absolute atomic E-state index is 0.219. The third-order valence-electron chi connectivity index (χ3n) is 5.24. The predicted molar refractivity (Wildman–Crippen MR) is 95.4 cm³/mol. The molecular weight excluding hydrogens is 334 g/mol. The largest absolute Gasteiger partial charge is 0.493 e. The Morgan fingerprint density at radius 3 is 2.69 bits per heavy atom. The van der Waals surface area contributed by atoms with E-state index in [4.69, 9.17) is 18.9 Å². The third-order valence-corrected chi connectivity index (χ3v) is 5.24. The molecule has 0 saturated heterocycles. The van der Waals surface area contributed by atoms with Gasteiger partial charge in [0.2, 0.25) is 6.79 Å². The molecule has 0 fully saturated rings. The van der Waals surface area contributed by atoms with Gasteiger partial charge in [-0.1, -0.05) is 6.07 Å². The van der Waals surface area contributed by atoms with Crippen molar-refractivity contribution >= 4 is 11.8 Å². The first kappa shape index (κ1) is 15.4. The van der Waals surface area contributed by atoms with E-state index < -0.39 is 6.10 Å². The highest BCUT2D eigenvalue weighted by atomic mass is 16.7. The van der Waals surface area contributed by atoms with Crippen molar-refractivity contribution in [3.05, 3.63) is 46.5 Å². The van der Waals surface area contributed by atoms with Gasteiger partial charge in [-0.3, -0.25) is 0 Å². The maximum absolute atomic E-state index is 10.7. The summed E-state index contributed by atoms with van der Waals surface area (Å²) in [7, 11) is 3.29. The standard InChI is InChI=1S/C20H19NO5/c1-23-17-4-3-11-5-15-12-6-18-19(26-10-25-18)7-13(12)16(22)9-21(15)8-14(11)20(17)24-2/h3-7,16,22H,8-10H2,1-2H3. The lowest BCUT2D eigenvalue weighted by Crippen LogP contribution is -2.34. The topological polar surface area (TPSA) is 60.4 Å². The summed E-state index contributed by atoms with van der Waals surface area (Å²) in [5, 5.41) is 10.7. The van der Waals surface area contributed by atoms with Crippen molar-refractivity contribution in [3.8, 4) is 23.0 Å². The van der Waals surface area contributed by atoms with Gasteiger partial charge in [0.25, 0.3) is 0 Å². The van der Waals surface area contributed by atoms with E-state index in [1.807, 2.05) is 24.3 Å². The smallest absolute Gasteiger partial charge is 0.231 e. The summed E-state index contributed by atoms with van der Waals surface area (Å²) in [6, 6.07) is 7.82. The van der Waals surface area contributed by atoms with Gasteiger partial charge in [0.1, 0.15) is 0 Å². The molecule has 1 atom stereocenters. The fourth-order valence-corrected chi connectivity index (χ4v) is 3.99. The van der Waals surface area contributed by atoms with Gasteiger partial charge in [-0.25, -0.2) is 0 Å². The molecule has 0 bridgehead atoms. The molecule has 0 aliphatic carbocycles. The van der Waals surface area contributed by atoms with Crippen LogP contribution in [-0.4, -0.2) is 37.6 Å². The van der Waals surface area contributed by atoms with Gasteiger partial charge in [-0.2, -0.15) is 0 Å². The van der Waals surface area contributed by atoms with Gasteiger partial charge >= 0.3 is 0 Å². The molecule has 3 heterocycles. The third kappa shape index (κ3) is 2.08. The highest BCUT2D eigenvalue weighted by Gasteiger charge is 2.34. The molecule has 0 spiro atoms. The molecule has 0 radical (unpaired) electrons. The Bertz CT molecular complexity index is 936. The lowest BCUT2D eigenvalue weighted by molar-refractivity contribution is 0.128. The monoisotopic (exact) mass is 353 g/mol. The Hall–Kier alpha value is -2.86. The van der Waals surface area contributed by atoms with Crippen molar-refractivity contribution < 1.29 is 24.1 Å². The number of nitrogens with zero attached hydrogens (tertiary/aromatic N) is 1. The molecule has 2 aromatic rings. The van der Waals surface area contributed by atoms with E-state index in [0.717, 1.165) is 39.4 Å². The summed E-state index contributed by atoms with van der Waals surface area (Å²) in [5.41, 5.74) is 5.08. The lowest BCUT2D eigenvalue weighted by Gasteiger charge is -2.39. The first-order chi connectivity index (χ1) is 12.7. The fraction of sp³-hybridized carbons (Fsp3) is 0.300. The molecule has 0 amide bonds. The predicted octanol–water partition coefficient (Wildman–Crippen LogP) is 2.79. The summed E-state index contributed by atoms with van der Waals surface area (Å²) in [4.78, 5) is 2.17. The molecule has 26 heavy (non-hydrogen) atoms. The van der Waals surface area contributed by atoms with Gasteiger partial charge in [0, 0.05) is 29.9 Å². The number of aliphatic hydroxyl groups is 1. The second kappa shape index (κ2) is 5.57. The van der Waals surface area contributed by atoms with Crippen LogP contribution >= 0.6 is 0 Å². The number of aliphatic hydroxyl groups excluding tert-OH is 1. The van der Waals surface area contributed by atoms with Gasteiger partial charge in [0.15, 0.2) is 23.0 Å². The zero-order valence-electron chi connectivity index (χ0n) is 14.6. The van der Waals surface area contributed by atoms with Crippen LogP contribution in [0.1, 0.15) is 28.4 Å². The summed E-state index contributed by atoms with van der Waals surface area (Å²) >= 11 is 0. The van der Waals surface area contributed by atoms with Crippen molar-refractivity contribution in [2.24, 2.45) is 0 Å². The zero-order chi connectivity index (χ0) is 17.8. The molecular formula is C20H19NO5. The Labute approximate surface area is 151 Å². The van der Waals surface area contributed by atoms with E-state index in [1.54, 1.807) is 14.2 Å². The maximum Gasteiger partial charge on any atom is 0.231 e. The highest BCUT2D eigenvalue weighted by molar-refractivity contribution is 5.87. The molecule has 2 aromatic carbocycles. The van der Waals surface area contributed by atoms with E-state index in [1.165, 1.54) is 0 Å². The van der Waals surface area contributed by atoms with Crippen molar-refractivity contribution in [1.29, 1.82) is 0 Å². The molecule has 134 valence electrons. The van der Waals surface area contributed by atoms with Gasteiger partial charge in [-0.15, -0.1) is 0 Å². The molecule has 1 unspecified atom stereocenters. The molecule has 6 heteroatoms. The van der Waals surface area contributed by atoms with Crippen molar-refractivity contribution in [2.45, 2.75) is 12.6 Å². The van der Waals surface area contributed by atoms with Crippen molar-refractivity contribution in [1.82, 2.24) is 4.90 Å². The number of ether oxygens (including phenoxy) is 4. The second-order valence-electron chi connectivity index (χ2n) is 6.59. The normalized spacial score (nSPS) is 19.3. The van der Waals surface area contributed by atoms with Crippen LogP contribution in [-0.2, 0) is 6.54 Å². The van der Waals surface area contributed by atoms with E-state index in [2.05, 4.69) is 11.0 Å². The first-order valence-electron chi connectivity index (χ1n) is 8.52. The Morgan fingerprint density at radius 2 is 1.92 bits per heavy atom. The number of fused-ring (bicyclic) bond motifs is 5. The average molecular weight is 353 g/mol. The summed E-state index contributed by atoms with van der Waals surface area (Å²) in [6.45, 7) is 1.38. The second-order valence-corrected chi connectivity index (χ2v) is 6.59. The summed E-state index contributed by atoms with van der Waals surface area (Å²) < 4.78 is 22.0. The van der Waals surface area contributed by atoms with Crippen LogP contribution in [0.3, 0.4) is 0 Å². The van der Waals surface area contributed by atoms with Crippen LogP contribution in [0, 0.1) is 0 Å². The lowest BCUT2D eigenvalue weighted by atomic mass is 9.89. The first-order valence-corrected chi connectivity index (χ1v) is 8.52. The van der Waals surface area contributed by atoms with Crippen LogP contribution < -0.4 is 18.9 Å². The molecule has 1 N–H and O–H groups in total. The van der Waals surface area contributed by atoms with Crippen LogP contribution in [0.25, 0.3) is 11.8 Å². The van der Waals surface area contributed by atoms with Gasteiger partial charge < -0.3 is 29.0 Å². The minimum Gasteiger partial charge on any atom is -0.493 e. The van der Waals surface area contributed by atoms with Crippen LogP contribution in [0.5, 0.6) is 23.0 Å². The maximum atomic E-state index is 10.7. The number of hydrogen-bond acceptors (Lipinski definition) is 6. The Morgan fingerprint density at radius 1 is 1.12 bits per heavy atom. The SMILES string of the molecule is COc1ccc2c(c1OC)CN1CC(O)c3cc4c(cc3C1=C2)OCO4. The quantitative estimate of drug-likeness (QED) is 0.896. The molecule has 5 rings (SSSR count). The number of hydrogen-bond donors (Lipinski definition) is 1. The van der Waals surface area contributed by atoms with E-state index in [0.29, 0.717) is 24.6 Å². The minimum atomic E-state index is -0.588. The van der Waals surface area contributed by atoms with Crippen LogP contribution in [0.15, 0.2) is 24.3 Å². The number of benzene rings is 2. The fourth-order valence-electron chi connectivity index (χ4n) is 3.99. The van der Waals surface area contributed by atoms with Crippen LogP contribution in [0.2, 0.25) is 0 Å². The van der Waals surface area contributed by atoms with E-state index >= 15 is 0 Å².